The molecule has 2 aliphatic heterocycles. The molecule has 13 heteroatoms. The van der Waals surface area contributed by atoms with Crippen molar-refractivity contribution in [1.82, 2.24) is 14.5 Å². The number of fused-ring (bicyclic) bond motifs is 1. The molecule has 3 aromatic carbocycles. The standard InChI is InChI=1S/C33H29FN4O7S/c34-25-13-9-22(10-14-25)20-27(35-33(41)45-26-15-11-24(12-16-26)23-6-2-1-3-7-23)32(40)36-19-17-28-31(36)29(39)21-38(28)46(43,44)30-8-4-5-18-37(30)42/h1-16,18,27-28,31H,17,19-21H2,(H,35,41). The third-order valence-electron chi connectivity index (χ3n) is 8.14. The van der Waals surface area contributed by atoms with E-state index in [1.54, 1.807) is 24.3 Å². The predicted octanol–water partition coefficient (Wildman–Crippen LogP) is 3.07. The highest BCUT2D eigenvalue weighted by Gasteiger charge is 2.55. The Morgan fingerprint density at radius 3 is 2.33 bits per heavy atom. The summed E-state index contributed by atoms with van der Waals surface area (Å²) in [4.78, 5) is 41.5. The highest BCUT2D eigenvalue weighted by Crippen LogP contribution is 2.34. The SMILES string of the molecule is O=C(NC(Cc1ccc(F)cc1)C(=O)N1CCC2C1C(=O)CN2S(=O)(=O)c1cccc[n+]1[O-])Oc1ccc(-c2ccccc2)cc1. The molecule has 3 unspecified atom stereocenters. The van der Waals surface area contributed by atoms with E-state index in [1.165, 1.54) is 41.3 Å². The van der Waals surface area contributed by atoms with Crippen LogP contribution in [0.25, 0.3) is 11.1 Å². The van der Waals surface area contributed by atoms with Gasteiger partial charge in [0.2, 0.25) is 5.91 Å². The van der Waals surface area contributed by atoms with E-state index in [0.29, 0.717) is 5.56 Å². The fraction of sp³-hybridized carbons (Fsp3) is 0.212. The van der Waals surface area contributed by atoms with Gasteiger partial charge in [-0.3, -0.25) is 9.59 Å². The molecule has 2 aliphatic rings. The van der Waals surface area contributed by atoms with Gasteiger partial charge in [-0.15, -0.1) is 0 Å². The minimum Gasteiger partial charge on any atom is -0.618 e. The average molecular weight is 645 g/mol. The van der Waals surface area contributed by atoms with Crippen molar-refractivity contribution in [3.63, 3.8) is 0 Å². The van der Waals surface area contributed by atoms with E-state index < -0.39 is 63.3 Å². The summed E-state index contributed by atoms with van der Waals surface area (Å²) in [5.74, 6) is -1.38. The Kier molecular flexibility index (Phi) is 8.52. The third-order valence-corrected chi connectivity index (χ3v) is 10.00. The molecular weight excluding hydrogens is 615 g/mol. The Morgan fingerprint density at radius 2 is 1.63 bits per heavy atom. The zero-order valence-electron chi connectivity index (χ0n) is 24.4. The summed E-state index contributed by atoms with van der Waals surface area (Å²) < 4.78 is 47.0. The molecule has 0 aliphatic carbocycles. The number of rotatable bonds is 8. The van der Waals surface area contributed by atoms with Gasteiger partial charge >= 0.3 is 21.1 Å². The molecule has 236 valence electrons. The number of pyridine rings is 1. The molecular formula is C33H29FN4O7S. The third kappa shape index (κ3) is 6.19. The highest BCUT2D eigenvalue weighted by atomic mass is 32.2. The molecule has 0 saturated carbocycles. The number of halogens is 1. The number of aromatic nitrogens is 1. The van der Waals surface area contributed by atoms with Crippen molar-refractivity contribution in [3.05, 3.63) is 120 Å². The second-order valence-electron chi connectivity index (χ2n) is 11.0. The van der Waals surface area contributed by atoms with Crippen molar-refractivity contribution in [2.75, 3.05) is 13.1 Å². The molecule has 46 heavy (non-hydrogen) atoms. The summed E-state index contributed by atoms with van der Waals surface area (Å²) in [5, 5.41) is 14.3. The molecule has 11 nitrogen and oxygen atoms in total. The first-order valence-electron chi connectivity index (χ1n) is 14.5. The van der Waals surface area contributed by atoms with Gasteiger partial charge in [0.25, 0.3) is 0 Å². The summed E-state index contributed by atoms with van der Waals surface area (Å²) in [7, 11) is -4.35. The largest absolute Gasteiger partial charge is 0.618 e. The van der Waals surface area contributed by atoms with Crippen molar-refractivity contribution in [2.45, 2.75) is 36.0 Å². The van der Waals surface area contributed by atoms with Gasteiger partial charge in [-0.25, -0.2) is 17.6 Å². The smallest absolute Gasteiger partial charge is 0.413 e. The minimum absolute atomic E-state index is 0.0374. The van der Waals surface area contributed by atoms with E-state index in [9.17, 15) is 32.4 Å². The van der Waals surface area contributed by atoms with Crippen LogP contribution < -0.4 is 14.8 Å². The fourth-order valence-corrected chi connectivity index (χ4v) is 7.61. The summed E-state index contributed by atoms with van der Waals surface area (Å²) in [5.41, 5.74) is 2.43. The highest BCUT2D eigenvalue weighted by molar-refractivity contribution is 7.89. The molecule has 1 aromatic heterocycles. The Bertz CT molecular complexity index is 1870. The first kappa shape index (κ1) is 30.9. The molecule has 2 fully saturated rings. The van der Waals surface area contributed by atoms with Crippen LogP contribution in [0, 0.1) is 11.0 Å². The van der Waals surface area contributed by atoms with Gasteiger partial charge < -0.3 is 20.2 Å². The summed E-state index contributed by atoms with van der Waals surface area (Å²) in [6.45, 7) is -0.469. The van der Waals surface area contributed by atoms with Crippen molar-refractivity contribution in [3.8, 4) is 16.9 Å². The number of hydrogen-bond acceptors (Lipinski definition) is 7. The quantitative estimate of drug-likeness (QED) is 0.230. The van der Waals surface area contributed by atoms with Crippen LogP contribution >= 0.6 is 0 Å². The zero-order chi connectivity index (χ0) is 32.4. The number of carbonyl (C=O) groups excluding carboxylic acids is 3. The number of benzene rings is 3. The second kappa shape index (κ2) is 12.7. The van der Waals surface area contributed by atoms with Crippen LogP contribution in [-0.2, 0) is 26.0 Å². The molecule has 6 rings (SSSR count). The summed E-state index contributed by atoms with van der Waals surface area (Å²) in [6.07, 6.45) is 0.226. The van der Waals surface area contributed by atoms with Gasteiger partial charge in [0.1, 0.15) is 23.7 Å². The van der Waals surface area contributed by atoms with Crippen LogP contribution in [0.1, 0.15) is 12.0 Å². The Hall–Kier alpha value is -5.14. The van der Waals surface area contributed by atoms with Crippen molar-refractivity contribution < 1.29 is 36.7 Å². The van der Waals surface area contributed by atoms with E-state index in [4.69, 9.17) is 4.74 Å². The van der Waals surface area contributed by atoms with Gasteiger partial charge in [0.15, 0.2) is 12.0 Å². The van der Waals surface area contributed by atoms with E-state index in [0.717, 1.165) is 27.7 Å². The number of hydrogen-bond donors (Lipinski definition) is 1. The number of nitrogens with zero attached hydrogens (tertiary/aromatic N) is 3. The normalized spacial score (nSPS) is 18.6. The summed E-state index contributed by atoms with van der Waals surface area (Å²) >= 11 is 0. The molecule has 0 spiro atoms. The molecule has 0 radical (unpaired) electrons. The van der Waals surface area contributed by atoms with E-state index in [1.807, 2.05) is 30.3 Å². The molecule has 3 atom stereocenters. The van der Waals surface area contributed by atoms with E-state index >= 15 is 0 Å². The number of sulfonamides is 1. The molecule has 1 N–H and O–H groups in total. The van der Waals surface area contributed by atoms with Crippen molar-refractivity contribution >= 4 is 27.8 Å². The fourth-order valence-electron chi connectivity index (χ4n) is 5.95. The van der Waals surface area contributed by atoms with Gasteiger partial charge in [0, 0.05) is 25.1 Å². The monoisotopic (exact) mass is 644 g/mol. The lowest BCUT2D eigenvalue weighted by atomic mass is 10.0. The van der Waals surface area contributed by atoms with Crippen LogP contribution in [-0.4, -0.2) is 66.6 Å². The first-order chi connectivity index (χ1) is 22.1. The lowest BCUT2D eigenvalue weighted by Gasteiger charge is -2.28. The number of carbonyl (C=O) groups is 3. The van der Waals surface area contributed by atoms with Gasteiger partial charge in [-0.1, -0.05) is 54.6 Å². The zero-order valence-corrected chi connectivity index (χ0v) is 25.2. The number of ketones is 1. The Morgan fingerprint density at radius 1 is 0.957 bits per heavy atom. The predicted molar refractivity (Wildman–Crippen MR) is 163 cm³/mol. The van der Waals surface area contributed by atoms with Crippen LogP contribution in [0.2, 0.25) is 0 Å². The first-order valence-corrected chi connectivity index (χ1v) is 16.0. The number of ether oxygens (including phenoxy) is 1. The summed E-state index contributed by atoms with van der Waals surface area (Å²) in [6, 6.07) is 22.6. The molecule has 4 aromatic rings. The number of likely N-dealkylation sites (tertiary alicyclic amines) is 1. The van der Waals surface area contributed by atoms with Crippen LogP contribution in [0.15, 0.2) is 108 Å². The molecule has 2 amide bonds. The maximum Gasteiger partial charge on any atom is 0.413 e. The Balaban J connectivity index is 1.20. The van der Waals surface area contributed by atoms with Gasteiger partial charge in [-0.05, 0) is 53.4 Å². The van der Waals surface area contributed by atoms with E-state index in [2.05, 4.69) is 5.32 Å². The number of Topliss-reactive ketones (excluding diaryl/α,β-unsaturated/α-hetero) is 1. The number of nitrogens with one attached hydrogen (secondary N) is 1. The molecule has 2 saturated heterocycles. The maximum atomic E-state index is 14.0. The van der Waals surface area contributed by atoms with Gasteiger partial charge in [0.05, 0.1) is 12.6 Å². The van der Waals surface area contributed by atoms with Crippen molar-refractivity contribution in [1.29, 1.82) is 0 Å². The lowest BCUT2D eigenvalue weighted by molar-refractivity contribution is -0.646. The molecule has 0 bridgehead atoms. The topological polar surface area (TPSA) is 140 Å². The van der Waals surface area contributed by atoms with E-state index in [-0.39, 0.29) is 29.9 Å². The number of amides is 2. The lowest BCUT2D eigenvalue weighted by Crippen LogP contribution is -2.53. The van der Waals surface area contributed by atoms with Gasteiger partial charge in [-0.2, -0.15) is 9.04 Å². The van der Waals surface area contributed by atoms with Crippen molar-refractivity contribution in [2.24, 2.45) is 0 Å². The Labute approximate surface area is 264 Å². The minimum atomic E-state index is -4.35. The maximum absolute atomic E-state index is 14.0. The van der Waals surface area contributed by atoms with Crippen LogP contribution in [0.3, 0.4) is 0 Å². The second-order valence-corrected chi connectivity index (χ2v) is 12.9. The van der Waals surface area contributed by atoms with Crippen LogP contribution in [0.5, 0.6) is 5.75 Å². The van der Waals surface area contributed by atoms with Crippen LogP contribution in [0.4, 0.5) is 9.18 Å². The molecule has 3 heterocycles. The average Bonchev–Trinajstić information content (AvgIpc) is 3.64.